The molecule has 0 saturated heterocycles. The highest BCUT2D eigenvalue weighted by atomic mass is 32.1. The zero-order valence-corrected chi connectivity index (χ0v) is 12.1. The summed E-state index contributed by atoms with van der Waals surface area (Å²) in [7, 11) is 2.48. The average molecular weight is 325 g/mol. The Morgan fingerprint density at radius 1 is 1.38 bits per heavy atom. The van der Waals surface area contributed by atoms with Crippen molar-refractivity contribution in [1.82, 2.24) is 5.32 Å². The summed E-state index contributed by atoms with van der Waals surface area (Å²) in [4.78, 5) is 23.3. The number of esters is 1. The third-order valence-corrected chi connectivity index (χ3v) is 3.62. The van der Waals surface area contributed by atoms with Gasteiger partial charge >= 0.3 is 12.1 Å². The summed E-state index contributed by atoms with van der Waals surface area (Å²) in [6, 6.07) is 0. The number of thiophene rings is 1. The molecule has 0 unspecified atom stereocenters. The van der Waals surface area contributed by atoms with Gasteiger partial charge in [0.15, 0.2) is 0 Å². The van der Waals surface area contributed by atoms with Gasteiger partial charge < -0.3 is 21.1 Å². The van der Waals surface area contributed by atoms with Gasteiger partial charge in [0.1, 0.15) is 15.4 Å². The first kappa shape index (κ1) is 17.1. The minimum Gasteiger partial charge on any atom is -0.465 e. The molecular weight excluding hydrogens is 311 g/mol. The van der Waals surface area contributed by atoms with Crippen molar-refractivity contribution in [3.63, 3.8) is 0 Å². The van der Waals surface area contributed by atoms with E-state index in [4.69, 9.17) is 5.73 Å². The second-order valence-electron chi connectivity index (χ2n) is 3.91. The predicted molar refractivity (Wildman–Crippen MR) is 72.6 cm³/mol. The highest BCUT2D eigenvalue weighted by molar-refractivity contribution is 7.19. The lowest BCUT2D eigenvalue weighted by molar-refractivity contribution is -0.131. The molecule has 1 aromatic heterocycles. The Labute approximate surface area is 122 Å². The Morgan fingerprint density at radius 2 is 2.00 bits per heavy atom. The van der Waals surface area contributed by atoms with Gasteiger partial charge in [-0.2, -0.15) is 13.2 Å². The first-order valence-electron chi connectivity index (χ1n) is 5.74. The molecule has 1 aromatic rings. The topological polar surface area (TPSA) is 93.5 Å². The van der Waals surface area contributed by atoms with Gasteiger partial charge in [-0.25, -0.2) is 4.79 Å². The Balaban J connectivity index is 3.06. The molecule has 6 nitrogen and oxygen atoms in total. The largest absolute Gasteiger partial charge is 0.465 e. The normalized spacial score (nSPS) is 11.1. The van der Waals surface area contributed by atoms with E-state index >= 15 is 0 Å². The van der Waals surface area contributed by atoms with Crippen molar-refractivity contribution in [2.24, 2.45) is 0 Å². The highest BCUT2D eigenvalue weighted by Crippen LogP contribution is 2.36. The number of alkyl halides is 3. The standard InChI is InChI=1S/C11H14F3N3O3S/c1-16-8(18)7-6(15)5(10(19)20-2)9(21-7)17-4-3-11(12,13)14/h17H,3-4,15H2,1-2H3,(H,16,18). The van der Waals surface area contributed by atoms with Crippen molar-refractivity contribution in [3.8, 4) is 0 Å². The van der Waals surface area contributed by atoms with Gasteiger partial charge in [0.05, 0.1) is 19.2 Å². The molecule has 0 radical (unpaired) electrons. The molecule has 118 valence electrons. The number of carbonyl (C=O) groups is 2. The fraction of sp³-hybridized carbons (Fsp3) is 0.455. The van der Waals surface area contributed by atoms with Crippen LogP contribution < -0.4 is 16.4 Å². The molecule has 0 aliphatic carbocycles. The Morgan fingerprint density at radius 3 is 2.48 bits per heavy atom. The van der Waals surface area contributed by atoms with Crippen molar-refractivity contribution < 1.29 is 27.5 Å². The third-order valence-electron chi connectivity index (χ3n) is 2.46. The van der Waals surface area contributed by atoms with Gasteiger partial charge in [0, 0.05) is 13.6 Å². The van der Waals surface area contributed by atoms with Crippen molar-refractivity contribution in [3.05, 3.63) is 10.4 Å². The molecule has 10 heteroatoms. The SMILES string of the molecule is CNC(=O)c1sc(NCCC(F)(F)F)c(C(=O)OC)c1N. The van der Waals surface area contributed by atoms with E-state index in [0.29, 0.717) is 0 Å². The predicted octanol–water partition coefficient (Wildman–Crippen LogP) is 1.84. The zero-order valence-electron chi connectivity index (χ0n) is 11.3. The molecule has 0 aliphatic heterocycles. The summed E-state index contributed by atoms with van der Waals surface area (Å²) < 4.78 is 40.9. The number of hydrogen-bond donors (Lipinski definition) is 3. The van der Waals surface area contributed by atoms with Gasteiger partial charge in [-0.15, -0.1) is 11.3 Å². The fourth-order valence-corrected chi connectivity index (χ4v) is 2.55. The van der Waals surface area contributed by atoms with Crippen LogP contribution in [0.5, 0.6) is 0 Å². The molecule has 0 spiro atoms. The number of methoxy groups -OCH3 is 1. The maximum Gasteiger partial charge on any atom is 0.390 e. The van der Waals surface area contributed by atoms with Crippen LogP contribution in [-0.4, -0.2) is 38.8 Å². The van der Waals surface area contributed by atoms with Crippen molar-refractivity contribution in [2.75, 3.05) is 31.8 Å². The van der Waals surface area contributed by atoms with Crippen molar-refractivity contribution >= 4 is 33.9 Å². The number of nitrogens with one attached hydrogen (secondary N) is 2. The number of amides is 1. The van der Waals surface area contributed by atoms with Crippen LogP contribution in [-0.2, 0) is 4.74 Å². The van der Waals surface area contributed by atoms with E-state index < -0.39 is 31.0 Å². The summed E-state index contributed by atoms with van der Waals surface area (Å²) in [6.45, 7) is -0.444. The number of halogens is 3. The molecule has 0 fully saturated rings. The summed E-state index contributed by atoms with van der Waals surface area (Å²) in [5, 5.41) is 4.87. The molecule has 0 aromatic carbocycles. The summed E-state index contributed by atoms with van der Waals surface area (Å²) in [6.07, 6.45) is -5.41. The van der Waals surface area contributed by atoms with E-state index in [-0.39, 0.29) is 21.1 Å². The number of ether oxygens (including phenoxy) is 1. The molecule has 21 heavy (non-hydrogen) atoms. The van der Waals surface area contributed by atoms with E-state index in [2.05, 4.69) is 15.4 Å². The van der Waals surface area contributed by atoms with E-state index in [9.17, 15) is 22.8 Å². The number of nitrogen functional groups attached to an aromatic ring is 1. The number of rotatable bonds is 5. The van der Waals surface area contributed by atoms with Crippen molar-refractivity contribution in [1.29, 1.82) is 0 Å². The van der Waals surface area contributed by atoms with Crippen LogP contribution in [0.4, 0.5) is 23.9 Å². The van der Waals surface area contributed by atoms with Crippen molar-refractivity contribution in [2.45, 2.75) is 12.6 Å². The summed E-state index contributed by atoms with van der Waals surface area (Å²) in [5.74, 6) is -1.36. The lowest BCUT2D eigenvalue weighted by Crippen LogP contribution is -2.18. The molecule has 0 aliphatic rings. The summed E-state index contributed by atoms with van der Waals surface area (Å²) >= 11 is 0.797. The van der Waals surface area contributed by atoms with Gasteiger partial charge in [-0.1, -0.05) is 0 Å². The molecular formula is C11H14F3N3O3S. The van der Waals surface area contributed by atoms with Crippen LogP contribution in [0.3, 0.4) is 0 Å². The van der Waals surface area contributed by atoms with Crippen LogP contribution >= 0.6 is 11.3 Å². The van der Waals surface area contributed by atoms with E-state index in [1.54, 1.807) is 0 Å². The van der Waals surface area contributed by atoms with Crippen LogP contribution in [0.15, 0.2) is 0 Å². The third kappa shape index (κ3) is 4.25. The molecule has 1 amide bonds. The Hall–Kier alpha value is -1.97. The fourth-order valence-electron chi connectivity index (χ4n) is 1.47. The number of anilines is 2. The second-order valence-corrected chi connectivity index (χ2v) is 4.93. The van der Waals surface area contributed by atoms with E-state index in [1.807, 2.05) is 0 Å². The molecule has 0 saturated carbocycles. The number of nitrogens with two attached hydrogens (primary N) is 1. The monoisotopic (exact) mass is 325 g/mol. The number of carbonyl (C=O) groups excluding carboxylic acids is 2. The highest BCUT2D eigenvalue weighted by Gasteiger charge is 2.29. The lowest BCUT2D eigenvalue weighted by atomic mass is 10.2. The van der Waals surface area contributed by atoms with Crippen LogP contribution in [0.1, 0.15) is 26.5 Å². The van der Waals surface area contributed by atoms with Gasteiger partial charge in [-0.05, 0) is 0 Å². The quantitative estimate of drug-likeness (QED) is 0.718. The Kier molecular flexibility index (Phi) is 5.41. The number of hydrogen-bond acceptors (Lipinski definition) is 6. The van der Waals surface area contributed by atoms with Crippen LogP contribution in [0, 0.1) is 0 Å². The minimum absolute atomic E-state index is 0.0346. The molecule has 1 rings (SSSR count). The second kappa shape index (κ2) is 6.66. The molecule has 0 atom stereocenters. The first-order valence-corrected chi connectivity index (χ1v) is 6.56. The van der Waals surface area contributed by atoms with Gasteiger partial charge in [0.2, 0.25) is 0 Å². The van der Waals surface area contributed by atoms with Gasteiger partial charge in [0.25, 0.3) is 5.91 Å². The van der Waals surface area contributed by atoms with Crippen LogP contribution in [0.2, 0.25) is 0 Å². The average Bonchev–Trinajstić information content (AvgIpc) is 2.72. The first-order chi connectivity index (χ1) is 9.71. The lowest BCUT2D eigenvalue weighted by Gasteiger charge is -2.08. The smallest absolute Gasteiger partial charge is 0.390 e. The maximum atomic E-state index is 12.1. The van der Waals surface area contributed by atoms with Crippen LogP contribution in [0.25, 0.3) is 0 Å². The zero-order chi connectivity index (χ0) is 16.2. The summed E-state index contributed by atoms with van der Waals surface area (Å²) in [5.41, 5.74) is 5.44. The Bertz CT molecular complexity index is 543. The maximum absolute atomic E-state index is 12.1. The van der Waals surface area contributed by atoms with E-state index in [1.165, 1.54) is 7.05 Å². The molecule has 1 heterocycles. The molecule has 0 bridgehead atoms. The van der Waals surface area contributed by atoms with Gasteiger partial charge in [-0.3, -0.25) is 4.79 Å². The molecule has 4 N–H and O–H groups in total. The minimum atomic E-state index is -4.33. The van der Waals surface area contributed by atoms with E-state index in [0.717, 1.165) is 18.4 Å².